The quantitative estimate of drug-likeness (QED) is 0.621. The number of fused-ring (bicyclic) bond motifs is 1. The number of carbonyl (C=O) groups excluding carboxylic acids is 1. The second-order valence-electron chi connectivity index (χ2n) is 4.71. The molecule has 0 bridgehead atoms. The molecule has 6 heteroatoms. The number of ether oxygens (including phenoxy) is 1. The van der Waals surface area contributed by atoms with Gasteiger partial charge in [0.05, 0.1) is 18.0 Å². The number of benzene rings is 1. The number of hydrogen-bond donors (Lipinski definition) is 2. The smallest absolute Gasteiger partial charge is 0.328 e. The van der Waals surface area contributed by atoms with Crippen LogP contribution < -0.4 is 16.2 Å². The first-order valence-corrected chi connectivity index (χ1v) is 6.51. The Bertz CT molecular complexity index is 592. The van der Waals surface area contributed by atoms with Crippen molar-refractivity contribution in [3.05, 3.63) is 30.5 Å². The first-order valence-electron chi connectivity index (χ1n) is 6.51. The first kappa shape index (κ1) is 14.4. The van der Waals surface area contributed by atoms with E-state index in [1.165, 1.54) is 0 Å². The number of aromatic nitrogens is 1. The molecule has 1 heterocycles. The number of nitrogens with two attached hydrogens (primary N) is 1. The van der Waals surface area contributed by atoms with Crippen molar-refractivity contribution >= 4 is 16.9 Å². The molecule has 0 aliphatic rings. The number of nitrogens with zero attached hydrogens (tertiary/aromatic N) is 1. The predicted molar refractivity (Wildman–Crippen MR) is 75.7 cm³/mol. The van der Waals surface area contributed by atoms with Crippen molar-refractivity contribution in [2.45, 2.75) is 32.9 Å². The fourth-order valence-electron chi connectivity index (χ4n) is 2.08. The predicted octanol–water partition coefficient (Wildman–Crippen LogP) is 1.74. The van der Waals surface area contributed by atoms with E-state index in [1.807, 2.05) is 54.5 Å². The lowest BCUT2D eigenvalue weighted by atomic mass is 10.2. The van der Waals surface area contributed by atoms with Crippen molar-refractivity contribution in [2.75, 3.05) is 0 Å². The van der Waals surface area contributed by atoms with Crippen LogP contribution in [0.3, 0.4) is 0 Å². The highest BCUT2D eigenvalue weighted by molar-refractivity contribution is 5.86. The summed E-state index contributed by atoms with van der Waals surface area (Å²) in [7, 11) is 0. The number of hydrogen-bond acceptors (Lipinski definition) is 5. The van der Waals surface area contributed by atoms with Gasteiger partial charge in [-0.05, 0) is 32.0 Å². The van der Waals surface area contributed by atoms with Crippen molar-refractivity contribution in [3.63, 3.8) is 0 Å². The molecule has 1 aromatic heterocycles. The standard InChI is InChI=1S/C14H19N3O3/c1-10(2)19-13-5-3-4-12-11(13)6-8-17(12)9-7-14(18)20-16-15/h3-6,8,10,16H,7,9,15H2,1-2H3. The zero-order chi connectivity index (χ0) is 14.5. The van der Waals surface area contributed by atoms with Gasteiger partial charge in [0, 0.05) is 18.1 Å². The van der Waals surface area contributed by atoms with Crippen LogP contribution in [0.25, 0.3) is 10.9 Å². The number of nitrogens with one attached hydrogen (secondary N) is 1. The van der Waals surface area contributed by atoms with E-state index in [0.29, 0.717) is 6.54 Å². The summed E-state index contributed by atoms with van der Waals surface area (Å²) in [6.45, 7) is 4.51. The average molecular weight is 277 g/mol. The van der Waals surface area contributed by atoms with Crippen molar-refractivity contribution in [3.8, 4) is 5.75 Å². The summed E-state index contributed by atoms with van der Waals surface area (Å²) in [5.74, 6) is 5.37. The zero-order valence-corrected chi connectivity index (χ0v) is 11.6. The zero-order valence-electron chi connectivity index (χ0n) is 11.6. The second kappa shape index (κ2) is 6.40. The van der Waals surface area contributed by atoms with Gasteiger partial charge < -0.3 is 14.1 Å². The summed E-state index contributed by atoms with van der Waals surface area (Å²) in [5, 5.41) is 1.03. The summed E-state index contributed by atoms with van der Waals surface area (Å²) in [6.07, 6.45) is 2.29. The minimum Gasteiger partial charge on any atom is -0.490 e. The van der Waals surface area contributed by atoms with E-state index in [0.717, 1.165) is 16.7 Å². The Morgan fingerprint density at radius 3 is 2.90 bits per heavy atom. The number of rotatable bonds is 6. The van der Waals surface area contributed by atoms with Crippen molar-refractivity contribution in [1.82, 2.24) is 10.2 Å². The maximum absolute atomic E-state index is 11.3. The van der Waals surface area contributed by atoms with Crippen molar-refractivity contribution in [1.29, 1.82) is 0 Å². The molecule has 0 fully saturated rings. The fraction of sp³-hybridized carbons (Fsp3) is 0.357. The highest BCUT2D eigenvalue weighted by Gasteiger charge is 2.09. The van der Waals surface area contributed by atoms with Gasteiger partial charge in [0.1, 0.15) is 5.75 Å². The minimum absolute atomic E-state index is 0.120. The topological polar surface area (TPSA) is 78.5 Å². The van der Waals surface area contributed by atoms with E-state index >= 15 is 0 Å². The van der Waals surface area contributed by atoms with Crippen LogP contribution in [0.15, 0.2) is 30.5 Å². The third kappa shape index (κ3) is 3.28. The van der Waals surface area contributed by atoms with Gasteiger partial charge in [-0.15, -0.1) is 0 Å². The van der Waals surface area contributed by atoms with Crippen molar-refractivity contribution in [2.24, 2.45) is 5.84 Å². The lowest BCUT2D eigenvalue weighted by Crippen LogP contribution is -2.26. The molecule has 0 unspecified atom stereocenters. The molecular weight excluding hydrogens is 258 g/mol. The third-order valence-electron chi connectivity index (χ3n) is 2.87. The Labute approximate surface area is 117 Å². The van der Waals surface area contributed by atoms with E-state index < -0.39 is 5.97 Å². The van der Waals surface area contributed by atoms with Gasteiger partial charge >= 0.3 is 5.97 Å². The highest BCUT2D eigenvalue weighted by atomic mass is 16.7. The Morgan fingerprint density at radius 2 is 2.20 bits per heavy atom. The molecule has 108 valence electrons. The van der Waals surface area contributed by atoms with Gasteiger partial charge in [0.2, 0.25) is 0 Å². The number of carbonyl (C=O) groups is 1. The molecule has 0 radical (unpaired) electrons. The van der Waals surface area contributed by atoms with Crippen LogP contribution in [-0.4, -0.2) is 16.6 Å². The molecule has 0 spiro atoms. The summed E-state index contributed by atoms with van der Waals surface area (Å²) >= 11 is 0. The maximum atomic E-state index is 11.3. The van der Waals surface area contributed by atoms with Gasteiger partial charge in [0.25, 0.3) is 0 Å². The molecule has 0 saturated carbocycles. The molecule has 6 nitrogen and oxygen atoms in total. The van der Waals surface area contributed by atoms with Crippen LogP contribution in [0, 0.1) is 0 Å². The molecule has 0 aliphatic heterocycles. The minimum atomic E-state index is -0.399. The average Bonchev–Trinajstić information content (AvgIpc) is 2.80. The molecule has 2 aromatic rings. The number of aryl methyl sites for hydroxylation is 1. The van der Waals surface area contributed by atoms with Crippen LogP contribution in [-0.2, 0) is 16.2 Å². The molecule has 0 atom stereocenters. The highest BCUT2D eigenvalue weighted by Crippen LogP contribution is 2.27. The van der Waals surface area contributed by atoms with Crippen LogP contribution in [0.4, 0.5) is 0 Å². The summed E-state index contributed by atoms with van der Waals surface area (Å²) in [6, 6.07) is 7.87. The molecule has 2 rings (SSSR count). The van der Waals surface area contributed by atoms with Gasteiger partial charge in [-0.25, -0.2) is 5.84 Å². The summed E-state index contributed by atoms with van der Waals surface area (Å²) in [4.78, 5) is 15.8. The Balaban J connectivity index is 2.17. The Morgan fingerprint density at radius 1 is 1.40 bits per heavy atom. The molecule has 1 aromatic carbocycles. The monoisotopic (exact) mass is 277 g/mol. The summed E-state index contributed by atoms with van der Waals surface area (Å²) in [5.41, 5.74) is 2.91. The largest absolute Gasteiger partial charge is 0.490 e. The van der Waals surface area contributed by atoms with E-state index in [4.69, 9.17) is 10.6 Å². The van der Waals surface area contributed by atoms with Crippen molar-refractivity contribution < 1.29 is 14.4 Å². The lowest BCUT2D eigenvalue weighted by molar-refractivity contribution is -0.151. The van der Waals surface area contributed by atoms with Crippen LogP contribution in [0.5, 0.6) is 5.75 Å². The molecular formula is C14H19N3O3. The molecule has 20 heavy (non-hydrogen) atoms. The molecule has 0 saturated heterocycles. The van der Waals surface area contributed by atoms with Crippen LogP contribution >= 0.6 is 0 Å². The third-order valence-corrected chi connectivity index (χ3v) is 2.87. The van der Waals surface area contributed by atoms with Gasteiger partial charge in [-0.1, -0.05) is 11.7 Å². The molecule has 0 amide bonds. The van der Waals surface area contributed by atoms with E-state index in [-0.39, 0.29) is 12.5 Å². The van der Waals surface area contributed by atoms with Crippen LogP contribution in [0.2, 0.25) is 0 Å². The van der Waals surface area contributed by atoms with Gasteiger partial charge in [-0.2, -0.15) is 0 Å². The molecule has 3 N–H and O–H groups in total. The van der Waals surface area contributed by atoms with E-state index in [9.17, 15) is 4.79 Å². The first-order chi connectivity index (χ1) is 9.61. The number of hydrazine groups is 1. The van der Waals surface area contributed by atoms with Gasteiger partial charge in [0.15, 0.2) is 0 Å². The van der Waals surface area contributed by atoms with Crippen LogP contribution in [0.1, 0.15) is 20.3 Å². The Kier molecular flexibility index (Phi) is 4.60. The fourth-order valence-corrected chi connectivity index (χ4v) is 2.08. The molecule has 0 aliphatic carbocycles. The van der Waals surface area contributed by atoms with E-state index in [2.05, 4.69) is 4.84 Å². The SMILES string of the molecule is CC(C)Oc1cccc2c1ccn2CCC(=O)ONN. The summed E-state index contributed by atoms with van der Waals surface area (Å²) < 4.78 is 7.76. The second-order valence-corrected chi connectivity index (χ2v) is 4.71. The lowest BCUT2D eigenvalue weighted by Gasteiger charge is -2.11. The Hall–Kier alpha value is -2.05. The normalized spacial score (nSPS) is 11.0. The van der Waals surface area contributed by atoms with Gasteiger partial charge in [-0.3, -0.25) is 4.79 Å². The maximum Gasteiger partial charge on any atom is 0.328 e. The van der Waals surface area contributed by atoms with E-state index in [1.54, 1.807) is 0 Å².